The minimum Gasteiger partial charge on any atom is -0.359 e. The molecule has 10 heavy (non-hydrogen) atoms. The van der Waals surface area contributed by atoms with Crippen molar-refractivity contribution in [1.82, 2.24) is 5.32 Å². The summed E-state index contributed by atoms with van der Waals surface area (Å²) in [5.41, 5.74) is 0.702. The van der Waals surface area contributed by atoms with Gasteiger partial charge in [-0.2, -0.15) is 0 Å². The molecule has 0 aliphatic rings. The molecule has 0 saturated carbocycles. The molecule has 0 aromatic carbocycles. The summed E-state index contributed by atoms with van der Waals surface area (Å²) < 4.78 is 0. The van der Waals surface area contributed by atoms with E-state index in [1.54, 1.807) is 12.9 Å². The van der Waals surface area contributed by atoms with Gasteiger partial charge in [0.2, 0.25) is 6.41 Å². The minimum atomic E-state index is 0.628. The highest BCUT2D eigenvalue weighted by Gasteiger charge is 1.89. The van der Waals surface area contributed by atoms with E-state index in [1.807, 2.05) is 0 Å². The summed E-state index contributed by atoms with van der Waals surface area (Å²) >= 11 is 0. The van der Waals surface area contributed by atoms with Crippen LogP contribution in [0.2, 0.25) is 0 Å². The standard InChI is InChI=1S/C7H11NO2/c1-7(5-9)3-2-4-8-6-10/h6H,2-4H2,1H3,(H,8,10). The van der Waals surface area contributed by atoms with Gasteiger partial charge in [-0.15, -0.1) is 0 Å². The lowest BCUT2D eigenvalue weighted by molar-refractivity contribution is -0.109. The van der Waals surface area contributed by atoms with Gasteiger partial charge in [-0.1, -0.05) is 0 Å². The molecule has 0 fully saturated rings. The van der Waals surface area contributed by atoms with Gasteiger partial charge in [0.15, 0.2) is 0 Å². The van der Waals surface area contributed by atoms with Crippen LogP contribution in [0.15, 0.2) is 5.57 Å². The van der Waals surface area contributed by atoms with Gasteiger partial charge in [0.1, 0.15) is 5.94 Å². The van der Waals surface area contributed by atoms with Crippen molar-refractivity contribution in [1.29, 1.82) is 0 Å². The molecule has 3 nitrogen and oxygen atoms in total. The molecule has 0 aliphatic carbocycles. The topological polar surface area (TPSA) is 46.2 Å². The highest BCUT2D eigenvalue weighted by molar-refractivity contribution is 5.51. The number of amides is 1. The molecular formula is C7H11NO2. The summed E-state index contributed by atoms with van der Waals surface area (Å²) in [4.78, 5) is 19.6. The first-order valence-electron chi connectivity index (χ1n) is 3.19. The Bertz CT molecular complexity index is 148. The van der Waals surface area contributed by atoms with Crippen molar-refractivity contribution in [3.8, 4) is 0 Å². The second-order valence-corrected chi connectivity index (χ2v) is 2.06. The first-order valence-corrected chi connectivity index (χ1v) is 3.19. The van der Waals surface area contributed by atoms with Crippen LogP contribution < -0.4 is 5.32 Å². The molecule has 0 saturated heterocycles. The smallest absolute Gasteiger partial charge is 0.207 e. The maximum absolute atomic E-state index is 9.92. The van der Waals surface area contributed by atoms with E-state index in [0.717, 1.165) is 6.42 Å². The molecule has 0 atom stereocenters. The van der Waals surface area contributed by atoms with Gasteiger partial charge < -0.3 is 5.32 Å². The van der Waals surface area contributed by atoms with E-state index in [-0.39, 0.29) is 0 Å². The summed E-state index contributed by atoms with van der Waals surface area (Å²) in [7, 11) is 0. The van der Waals surface area contributed by atoms with E-state index < -0.39 is 0 Å². The first kappa shape index (κ1) is 8.92. The van der Waals surface area contributed by atoms with E-state index in [9.17, 15) is 9.59 Å². The van der Waals surface area contributed by atoms with Gasteiger partial charge in [-0.3, -0.25) is 4.79 Å². The summed E-state index contributed by atoms with van der Waals surface area (Å²) in [6.07, 6.45) is 2.17. The summed E-state index contributed by atoms with van der Waals surface area (Å²) in [5, 5.41) is 2.50. The molecule has 3 heteroatoms. The molecule has 0 unspecified atom stereocenters. The molecule has 0 aliphatic heterocycles. The lowest BCUT2D eigenvalue weighted by atomic mass is 10.2. The molecular weight excluding hydrogens is 130 g/mol. The zero-order valence-corrected chi connectivity index (χ0v) is 6.02. The fraction of sp³-hybridized carbons (Fsp3) is 0.571. The maximum atomic E-state index is 9.92. The van der Waals surface area contributed by atoms with Gasteiger partial charge in [-0.05, 0) is 19.8 Å². The van der Waals surface area contributed by atoms with Crippen LogP contribution in [-0.2, 0) is 9.59 Å². The van der Waals surface area contributed by atoms with Crippen molar-refractivity contribution in [3.63, 3.8) is 0 Å². The molecule has 0 aromatic rings. The second kappa shape index (κ2) is 6.05. The van der Waals surface area contributed by atoms with E-state index in [4.69, 9.17) is 0 Å². The summed E-state index contributed by atoms with van der Waals surface area (Å²) in [6, 6.07) is 0. The third kappa shape index (κ3) is 5.06. The third-order valence-electron chi connectivity index (χ3n) is 1.13. The van der Waals surface area contributed by atoms with Crippen LogP contribution in [0.3, 0.4) is 0 Å². The number of allylic oxidation sites excluding steroid dienone is 1. The minimum absolute atomic E-state index is 0.628. The van der Waals surface area contributed by atoms with Gasteiger partial charge in [0, 0.05) is 12.1 Å². The number of nitrogens with one attached hydrogen (secondary N) is 1. The Balaban J connectivity index is 3.20. The Hall–Kier alpha value is -1.08. The molecule has 56 valence electrons. The molecule has 1 N–H and O–H groups in total. The SMILES string of the molecule is CC(=C=O)CCCNC=O. The molecule has 0 bridgehead atoms. The average molecular weight is 141 g/mol. The fourth-order valence-corrected chi connectivity index (χ4v) is 0.566. The Morgan fingerprint density at radius 1 is 1.70 bits per heavy atom. The zero-order valence-electron chi connectivity index (χ0n) is 6.02. The van der Waals surface area contributed by atoms with Crippen LogP contribution in [0, 0.1) is 0 Å². The molecule has 0 rings (SSSR count). The van der Waals surface area contributed by atoms with E-state index in [0.29, 0.717) is 24.9 Å². The van der Waals surface area contributed by atoms with Crippen molar-refractivity contribution in [3.05, 3.63) is 5.57 Å². The summed E-state index contributed by atoms with van der Waals surface area (Å²) in [6.45, 7) is 2.36. The summed E-state index contributed by atoms with van der Waals surface area (Å²) in [5.74, 6) is 1.79. The predicted octanol–water partition coefficient (Wildman–Crippen LogP) is 0.290. The fourth-order valence-electron chi connectivity index (χ4n) is 0.566. The van der Waals surface area contributed by atoms with Crippen molar-refractivity contribution >= 4 is 12.4 Å². The molecule has 0 spiro atoms. The van der Waals surface area contributed by atoms with Gasteiger partial charge in [0.05, 0.1) is 0 Å². The average Bonchev–Trinajstić information content (AvgIpc) is 1.98. The highest BCUT2D eigenvalue weighted by atomic mass is 16.1. The Morgan fingerprint density at radius 3 is 2.90 bits per heavy atom. The number of carbonyl (C=O) groups is 1. The Kier molecular flexibility index (Phi) is 5.39. The third-order valence-corrected chi connectivity index (χ3v) is 1.13. The predicted molar refractivity (Wildman–Crippen MR) is 38.2 cm³/mol. The largest absolute Gasteiger partial charge is 0.359 e. The normalized spacial score (nSPS) is 8.10. The quantitative estimate of drug-likeness (QED) is 0.340. The monoisotopic (exact) mass is 141 g/mol. The molecule has 0 aromatic heterocycles. The molecule has 0 heterocycles. The zero-order chi connectivity index (χ0) is 7.82. The number of hydrogen-bond donors (Lipinski definition) is 1. The lowest BCUT2D eigenvalue weighted by Crippen LogP contribution is -2.11. The van der Waals surface area contributed by atoms with Crippen molar-refractivity contribution in [2.45, 2.75) is 19.8 Å². The van der Waals surface area contributed by atoms with Gasteiger partial charge in [-0.25, -0.2) is 4.79 Å². The second-order valence-electron chi connectivity index (χ2n) is 2.06. The van der Waals surface area contributed by atoms with E-state index in [2.05, 4.69) is 5.32 Å². The van der Waals surface area contributed by atoms with Crippen molar-refractivity contribution in [2.24, 2.45) is 0 Å². The number of rotatable bonds is 5. The van der Waals surface area contributed by atoms with E-state index >= 15 is 0 Å². The molecule has 1 amide bonds. The van der Waals surface area contributed by atoms with E-state index in [1.165, 1.54) is 0 Å². The van der Waals surface area contributed by atoms with Crippen molar-refractivity contribution < 1.29 is 9.59 Å². The maximum Gasteiger partial charge on any atom is 0.207 e. The van der Waals surface area contributed by atoms with Crippen LogP contribution in [0.1, 0.15) is 19.8 Å². The Labute approximate surface area is 60.1 Å². The number of carbonyl (C=O) groups excluding carboxylic acids is 2. The van der Waals surface area contributed by atoms with Crippen LogP contribution in [-0.4, -0.2) is 18.9 Å². The van der Waals surface area contributed by atoms with Crippen LogP contribution in [0.5, 0.6) is 0 Å². The lowest BCUT2D eigenvalue weighted by Gasteiger charge is -1.95. The first-order chi connectivity index (χ1) is 4.81. The Morgan fingerprint density at radius 2 is 2.40 bits per heavy atom. The van der Waals surface area contributed by atoms with Crippen LogP contribution in [0.25, 0.3) is 0 Å². The molecule has 0 radical (unpaired) electrons. The van der Waals surface area contributed by atoms with Gasteiger partial charge in [0.25, 0.3) is 0 Å². The van der Waals surface area contributed by atoms with Crippen LogP contribution in [0.4, 0.5) is 0 Å². The van der Waals surface area contributed by atoms with Crippen molar-refractivity contribution in [2.75, 3.05) is 6.54 Å². The number of hydrogen-bond acceptors (Lipinski definition) is 2. The van der Waals surface area contributed by atoms with Crippen LogP contribution >= 0.6 is 0 Å². The van der Waals surface area contributed by atoms with Gasteiger partial charge >= 0.3 is 0 Å². The highest BCUT2D eigenvalue weighted by Crippen LogP contribution is 1.96.